The van der Waals surface area contributed by atoms with E-state index in [4.69, 9.17) is 4.98 Å². The number of aliphatic hydroxyl groups excluding tert-OH is 1. The molecule has 0 aliphatic carbocycles. The van der Waals surface area contributed by atoms with Gasteiger partial charge in [-0.25, -0.2) is 9.97 Å². The fourth-order valence-corrected chi connectivity index (χ4v) is 3.83. The number of aryl methyl sites for hydroxylation is 1. The smallest absolute Gasteiger partial charge is 0.163 e. The molecule has 4 heterocycles. The Kier molecular flexibility index (Phi) is 3.30. The highest BCUT2D eigenvalue weighted by atomic mass is 16.3. The van der Waals surface area contributed by atoms with Gasteiger partial charge in [0.15, 0.2) is 5.82 Å². The molecule has 0 spiro atoms. The second kappa shape index (κ2) is 5.32. The summed E-state index contributed by atoms with van der Waals surface area (Å²) in [5.74, 6) is 1.72. The molecule has 2 aromatic heterocycles. The summed E-state index contributed by atoms with van der Waals surface area (Å²) in [5, 5.41) is 9.97. The molecule has 0 amide bonds. The molecule has 2 fully saturated rings. The molecule has 2 unspecified atom stereocenters. The van der Waals surface area contributed by atoms with Crippen LogP contribution in [0.4, 0.5) is 5.82 Å². The molecule has 0 aromatic carbocycles. The molecular weight excluding hydrogens is 276 g/mol. The van der Waals surface area contributed by atoms with Crippen LogP contribution in [0, 0.1) is 6.92 Å². The molecule has 2 bridgehead atoms. The van der Waals surface area contributed by atoms with Gasteiger partial charge in [0.05, 0.1) is 6.10 Å². The van der Waals surface area contributed by atoms with E-state index in [2.05, 4.69) is 20.9 Å². The summed E-state index contributed by atoms with van der Waals surface area (Å²) in [4.78, 5) is 15.9. The third kappa shape index (κ3) is 2.35. The lowest BCUT2D eigenvalue weighted by Crippen LogP contribution is -2.45. The van der Waals surface area contributed by atoms with Crippen LogP contribution in [-0.4, -0.2) is 38.2 Å². The van der Waals surface area contributed by atoms with Crippen LogP contribution in [-0.2, 0) is 0 Å². The van der Waals surface area contributed by atoms with E-state index in [-0.39, 0.29) is 6.10 Å². The third-order valence-corrected chi connectivity index (χ3v) is 4.73. The predicted octanol–water partition coefficient (Wildman–Crippen LogP) is 2.34. The average Bonchev–Trinajstić information content (AvgIpc) is 2.79. The quantitative estimate of drug-likeness (QED) is 0.921. The Morgan fingerprint density at radius 2 is 1.95 bits per heavy atom. The molecule has 2 saturated heterocycles. The minimum absolute atomic E-state index is 0.158. The van der Waals surface area contributed by atoms with E-state index in [0.29, 0.717) is 12.1 Å². The van der Waals surface area contributed by atoms with Crippen LogP contribution in [0.3, 0.4) is 0 Å². The lowest BCUT2D eigenvalue weighted by molar-refractivity contribution is 0.126. The van der Waals surface area contributed by atoms with Gasteiger partial charge in [0.1, 0.15) is 5.82 Å². The average molecular weight is 296 g/mol. The molecule has 5 heteroatoms. The summed E-state index contributed by atoms with van der Waals surface area (Å²) in [6.07, 6.45) is 7.39. The Balaban J connectivity index is 1.73. The molecule has 4 rings (SSSR count). The van der Waals surface area contributed by atoms with Crippen molar-refractivity contribution in [1.29, 1.82) is 0 Å². The Hall–Kier alpha value is -2.01. The Morgan fingerprint density at radius 3 is 2.64 bits per heavy atom. The molecule has 2 aromatic rings. The van der Waals surface area contributed by atoms with E-state index >= 15 is 0 Å². The number of hydrogen-bond acceptors (Lipinski definition) is 5. The largest absolute Gasteiger partial charge is 0.393 e. The normalized spacial score (nSPS) is 27.2. The van der Waals surface area contributed by atoms with E-state index < -0.39 is 0 Å². The van der Waals surface area contributed by atoms with Crippen LogP contribution in [0.1, 0.15) is 31.4 Å². The number of hydrogen-bond donors (Lipinski definition) is 1. The topological polar surface area (TPSA) is 62.1 Å². The van der Waals surface area contributed by atoms with Gasteiger partial charge in [-0.1, -0.05) is 0 Å². The number of aliphatic hydroxyl groups is 1. The zero-order chi connectivity index (χ0) is 15.1. The van der Waals surface area contributed by atoms with E-state index in [0.717, 1.165) is 48.6 Å². The van der Waals surface area contributed by atoms with E-state index in [1.165, 1.54) is 0 Å². The fraction of sp³-hybridized carbons (Fsp3) is 0.471. The van der Waals surface area contributed by atoms with Gasteiger partial charge in [0.25, 0.3) is 0 Å². The first-order valence-corrected chi connectivity index (χ1v) is 7.93. The molecule has 5 nitrogen and oxygen atoms in total. The molecule has 0 radical (unpaired) electrons. The van der Waals surface area contributed by atoms with Crippen molar-refractivity contribution < 1.29 is 5.11 Å². The van der Waals surface area contributed by atoms with Crippen molar-refractivity contribution in [3.8, 4) is 11.4 Å². The van der Waals surface area contributed by atoms with Crippen molar-refractivity contribution in [2.45, 2.75) is 50.8 Å². The van der Waals surface area contributed by atoms with Gasteiger partial charge < -0.3 is 10.0 Å². The number of pyridine rings is 1. The number of aromatic nitrogens is 3. The zero-order valence-corrected chi connectivity index (χ0v) is 12.7. The summed E-state index contributed by atoms with van der Waals surface area (Å²) in [6.45, 7) is 2.01. The minimum atomic E-state index is -0.158. The van der Waals surface area contributed by atoms with Crippen molar-refractivity contribution in [2.24, 2.45) is 0 Å². The predicted molar refractivity (Wildman–Crippen MR) is 84.5 cm³/mol. The van der Waals surface area contributed by atoms with Gasteiger partial charge in [-0.05, 0) is 44.7 Å². The Bertz CT molecular complexity index is 662. The number of fused-ring (bicyclic) bond motifs is 2. The summed E-state index contributed by atoms with van der Waals surface area (Å²) in [6, 6.07) is 6.76. The van der Waals surface area contributed by atoms with Gasteiger partial charge in [-0.2, -0.15) is 0 Å². The summed E-state index contributed by atoms with van der Waals surface area (Å²) >= 11 is 0. The van der Waals surface area contributed by atoms with Crippen LogP contribution in [0.5, 0.6) is 0 Å². The molecule has 2 aliphatic rings. The van der Waals surface area contributed by atoms with Crippen LogP contribution >= 0.6 is 0 Å². The van der Waals surface area contributed by atoms with Crippen LogP contribution in [0.2, 0.25) is 0 Å². The molecule has 2 atom stereocenters. The lowest BCUT2D eigenvalue weighted by atomic mass is 10.00. The maximum atomic E-state index is 9.97. The van der Waals surface area contributed by atoms with E-state index in [1.54, 1.807) is 12.4 Å². The second-order valence-corrected chi connectivity index (χ2v) is 6.35. The first kappa shape index (κ1) is 13.6. The van der Waals surface area contributed by atoms with Crippen LogP contribution in [0.25, 0.3) is 11.4 Å². The number of piperidine rings is 1. The number of rotatable bonds is 2. The van der Waals surface area contributed by atoms with Crippen molar-refractivity contribution in [1.82, 2.24) is 15.0 Å². The highest BCUT2D eigenvalue weighted by Gasteiger charge is 2.41. The van der Waals surface area contributed by atoms with Crippen molar-refractivity contribution in [3.05, 3.63) is 36.3 Å². The first-order chi connectivity index (χ1) is 10.7. The number of nitrogens with zero attached hydrogens (tertiary/aromatic N) is 4. The van der Waals surface area contributed by atoms with Gasteiger partial charge in [-0.15, -0.1) is 0 Å². The SMILES string of the molecule is Cc1cc(N2C3CCC2CC(O)C3)nc(-c2cccnc2)n1. The van der Waals surface area contributed by atoms with Gasteiger partial charge in [0, 0.05) is 41.8 Å². The van der Waals surface area contributed by atoms with E-state index in [9.17, 15) is 5.11 Å². The molecular formula is C17H20N4O. The lowest BCUT2D eigenvalue weighted by Gasteiger charge is -2.38. The highest BCUT2D eigenvalue weighted by Crippen LogP contribution is 2.39. The van der Waals surface area contributed by atoms with Crippen molar-refractivity contribution in [3.63, 3.8) is 0 Å². The number of anilines is 1. The Labute approximate surface area is 130 Å². The third-order valence-electron chi connectivity index (χ3n) is 4.73. The van der Waals surface area contributed by atoms with Crippen molar-refractivity contribution in [2.75, 3.05) is 4.90 Å². The van der Waals surface area contributed by atoms with Crippen LogP contribution < -0.4 is 4.90 Å². The summed E-state index contributed by atoms with van der Waals surface area (Å²) in [7, 11) is 0. The standard InChI is InChI=1S/C17H20N4O/c1-11-7-16(20-17(19-11)12-3-2-6-18-10-12)21-13-4-5-14(21)9-15(22)8-13/h2-3,6-7,10,13-15,22H,4-5,8-9H2,1H3. The monoisotopic (exact) mass is 296 g/mol. The second-order valence-electron chi connectivity index (χ2n) is 6.35. The maximum Gasteiger partial charge on any atom is 0.163 e. The summed E-state index contributed by atoms with van der Waals surface area (Å²) < 4.78 is 0. The molecule has 0 saturated carbocycles. The minimum Gasteiger partial charge on any atom is -0.393 e. The van der Waals surface area contributed by atoms with Gasteiger partial charge >= 0.3 is 0 Å². The highest BCUT2D eigenvalue weighted by molar-refractivity contribution is 5.57. The molecule has 1 N–H and O–H groups in total. The van der Waals surface area contributed by atoms with Crippen molar-refractivity contribution >= 4 is 5.82 Å². The summed E-state index contributed by atoms with van der Waals surface area (Å²) in [5.41, 5.74) is 1.91. The van der Waals surface area contributed by atoms with Crippen LogP contribution in [0.15, 0.2) is 30.6 Å². The maximum absolute atomic E-state index is 9.97. The molecule has 114 valence electrons. The molecule has 22 heavy (non-hydrogen) atoms. The first-order valence-electron chi connectivity index (χ1n) is 7.93. The van der Waals surface area contributed by atoms with E-state index in [1.807, 2.05) is 19.1 Å². The van der Waals surface area contributed by atoms with Gasteiger partial charge in [-0.3, -0.25) is 4.98 Å². The zero-order valence-electron chi connectivity index (χ0n) is 12.7. The van der Waals surface area contributed by atoms with Gasteiger partial charge in [0.2, 0.25) is 0 Å². The fourth-order valence-electron chi connectivity index (χ4n) is 3.83. The Morgan fingerprint density at radius 1 is 1.18 bits per heavy atom. The molecule has 2 aliphatic heterocycles.